The molecular weight excluding hydrogens is 440 g/mol. The maximum atomic E-state index is 13.0. The lowest BCUT2D eigenvalue weighted by atomic mass is 10.0. The van der Waals surface area contributed by atoms with Crippen LogP contribution in [0.25, 0.3) is 5.69 Å². The lowest BCUT2D eigenvalue weighted by Crippen LogP contribution is -2.52. The smallest absolute Gasteiger partial charge is 0.276 e. The van der Waals surface area contributed by atoms with Crippen LogP contribution >= 0.6 is 0 Å². The Labute approximate surface area is 195 Å². The number of nitrogens with one attached hydrogen (secondary N) is 1. The largest absolute Gasteiger partial charge is 0.364 e. The number of ether oxygens (including phenoxy) is 1. The minimum Gasteiger partial charge on any atom is -0.364 e. The van der Waals surface area contributed by atoms with E-state index in [1.54, 1.807) is 23.1 Å². The highest BCUT2D eigenvalue weighted by Crippen LogP contribution is 2.29. The van der Waals surface area contributed by atoms with Gasteiger partial charge in [-0.25, -0.2) is 4.68 Å². The third-order valence-electron chi connectivity index (χ3n) is 6.32. The second-order valence-electron chi connectivity index (χ2n) is 8.47. The highest BCUT2D eigenvalue weighted by molar-refractivity contribution is 6.05. The van der Waals surface area contributed by atoms with Crippen LogP contribution in [0.15, 0.2) is 24.4 Å². The van der Waals surface area contributed by atoms with Crippen LogP contribution in [0.5, 0.6) is 0 Å². The van der Waals surface area contributed by atoms with Crippen molar-refractivity contribution >= 4 is 23.6 Å². The monoisotopic (exact) mass is 462 g/mol. The van der Waals surface area contributed by atoms with Gasteiger partial charge in [-0.05, 0) is 30.5 Å². The molecule has 174 valence electrons. The summed E-state index contributed by atoms with van der Waals surface area (Å²) in [7, 11) is 0. The van der Waals surface area contributed by atoms with Crippen LogP contribution in [0.1, 0.15) is 45.7 Å². The van der Waals surface area contributed by atoms with Crippen molar-refractivity contribution in [2.75, 3.05) is 19.7 Å². The second-order valence-corrected chi connectivity index (χ2v) is 8.47. The van der Waals surface area contributed by atoms with E-state index in [2.05, 4.69) is 21.5 Å². The Kier molecular flexibility index (Phi) is 5.59. The van der Waals surface area contributed by atoms with Gasteiger partial charge < -0.3 is 14.5 Å². The molecule has 1 unspecified atom stereocenters. The standard InChI is InChI=1S/C23H22N6O5/c1-2-9-34-16-7-8-27(12-16)23(33)18-13-29(26-25-18)15-4-3-14-11-28(22(32)17(14)10-15)19-5-6-20(30)24-21(19)31/h1,3-4,10,13,16,19H,5-9,11-12H2,(H,24,30,31)/t16-,19?/m1/s1. The zero-order valence-electron chi connectivity index (χ0n) is 18.3. The van der Waals surface area contributed by atoms with Gasteiger partial charge in [0, 0.05) is 31.6 Å². The first-order valence-corrected chi connectivity index (χ1v) is 11.0. The Balaban J connectivity index is 1.29. The van der Waals surface area contributed by atoms with Crippen LogP contribution in [-0.2, 0) is 20.9 Å². The number of aromatic nitrogens is 3. The van der Waals surface area contributed by atoms with Crippen LogP contribution in [-0.4, -0.2) is 80.3 Å². The average Bonchev–Trinajstić information content (AvgIpc) is 3.57. The van der Waals surface area contributed by atoms with Gasteiger partial charge in [-0.3, -0.25) is 24.5 Å². The van der Waals surface area contributed by atoms with Crippen LogP contribution < -0.4 is 5.32 Å². The average molecular weight is 462 g/mol. The molecule has 0 bridgehead atoms. The molecule has 34 heavy (non-hydrogen) atoms. The molecule has 4 heterocycles. The summed E-state index contributed by atoms with van der Waals surface area (Å²) in [4.78, 5) is 52.6. The highest BCUT2D eigenvalue weighted by Gasteiger charge is 2.39. The minimum atomic E-state index is -0.675. The SMILES string of the molecule is C#CCO[C@@H]1CCN(C(=O)c2cn(-c3ccc4c(c3)C(=O)N(C3CCC(=O)NC3=O)C4)nn2)C1. The molecule has 1 aromatic carbocycles. The normalized spacial score (nSPS) is 22.0. The molecule has 0 aliphatic carbocycles. The van der Waals surface area contributed by atoms with E-state index < -0.39 is 11.9 Å². The molecule has 0 saturated carbocycles. The molecular formula is C23H22N6O5. The summed E-state index contributed by atoms with van der Waals surface area (Å²) in [6.45, 7) is 1.49. The number of piperidine rings is 1. The number of carbonyl (C=O) groups excluding carboxylic acids is 4. The number of benzene rings is 1. The lowest BCUT2D eigenvalue weighted by molar-refractivity contribution is -0.136. The van der Waals surface area contributed by atoms with Crippen molar-refractivity contribution in [1.29, 1.82) is 0 Å². The lowest BCUT2D eigenvalue weighted by Gasteiger charge is -2.29. The molecule has 0 radical (unpaired) electrons. The quantitative estimate of drug-likeness (QED) is 0.485. The summed E-state index contributed by atoms with van der Waals surface area (Å²) in [6.07, 6.45) is 7.86. The first-order valence-electron chi connectivity index (χ1n) is 11.0. The number of imide groups is 1. The Morgan fingerprint density at radius 2 is 2.12 bits per heavy atom. The molecule has 11 heteroatoms. The van der Waals surface area contributed by atoms with Gasteiger partial charge in [0.15, 0.2) is 5.69 Å². The number of hydrogen-bond acceptors (Lipinski definition) is 7. The number of likely N-dealkylation sites (tertiary alicyclic amines) is 1. The maximum absolute atomic E-state index is 13.0. The molecule has 0 spiro atoms. The van der Waals surface area contributed by atoms with E-state index in [0.717, 1.165) is 5.56 Å². The van der Waals surface area contributed by atoms with Crippen LogP contribution in [0.4, 0.5) is 0 Å². The van der Waals surface area contributed by atoms with Crippen molar-refractivity contribution in [2.24, 2.45) is 0 Å². The van der Waals surface area contributed by atoms with Gasteiger partial charge in [0.05, 0.1) is 18.0 Å². The molecule has 1 N–H and O–H groups in total. The summed E-state index contributed by atoms with van der Waals surface area (Å²) in [5, 5.41) is 10.4. The van der Waals surface area contributed by atoms with Gasteiger partial charge in [0.1, 0.15) is 12.6 Å². The molecule has 3 aliphatic rings. The number of carbonyl (C=O) groups is 4. The number of rotatable bonds is 5. The second kappa shape index (κ2) is 8.72. The van der Waals surface area contributed by atoms with E-state index in [1.807, 2.05) is 0 Å². The molecule has 1 aromatic heterocycles. The van der Waals surface area contributed by atoms with E-state index >= 15 is 0 Å². The number of amides is 4. The minimum absolute atomic E-state index is 0.0925. The molecule has 11 nitrogen and oxygen atoms in total. The van der Waals surface area contributed by atoms with Crippen LogP contribution in [0.3, 0.4) is 0 Å². The fraction of sp³-hybridized carbons (Fsp3) is 0.391. The molecule has 2 atom stereocenters. The summed E-state index contributed by atoms with van der Waals surface area (Å²) in [5.41, 5.74) is 2.00. The molecule has 2 aromatic rings. The van der Waals surface area contributed by atoms with E-state index in [1.165, 1.54) is 15.8 Å². The third kappa shape index (κ3) is 3.92. The molecule has 2 fully saturated rings. The third-order valence-corrected chi connectivity index (χ3v) is 6.32. The fourth-order valence-corrected chi connectivity index (χ4v) is 4.55. The van der Waals surface area contributed by atoms with Gasteiger partial charge in [0.2, 0.25) is 11.8 Å². The van der Waals surface area contributed by atoms with E-state index in [0.29, 0.717) is 43.7 Å². The number of fused-ring (bicyclic) bond motifs is 1. The topological polar surface area (TPSA) is 127 Å². The maximum Gasteiger partial charge on any atom is 0.276 e. The number of nitrogens with zero attached hydrogens (tertiary/aromatic N) is 5. The van der Waals surface area contributed by atoms with Crippen LogP contribution in [0.2, 0.25) is 0 Å². The Hall–Kier alpha value is -4.04. The molecule has 4 amide bonds. The molecule has 5 rings (SSSR count). The van der Waals surface area contributed by atoms with E-state index in [4.69, 9.17) is 11.2 Å². The van der Waals surface area contributed by atoms with E-state index in [9.17, 15) is 19.2 Å². The van der Waals surface area contributed by atoms with Crippen molar-refractivity contribution in [2.45, 2.75) is 38.0 Å². The Morgan fingerprint density at radius 3 is 2.91 bits per heavy atom. The van der Waals surface area contributed by atoms with Crippen molar-refractivity contribution in [3.05, 3.63) is 41.2 Å². The first kappa shape index (κ1) is 21.8. The summed E-state index contributed by atoms with van der Waals surface area (Å²) in [6, 6.07) is 4.57. The summed E-state index contributed by atoms with van der Waals surface area (Å²) < 4.78 is 6.95. The molecule has 2 saturated heterocycles. The number of terminal acetylenes is 1. The zero-order chi connectivity index (χ0) is 23.8. The van der Waals surface area contributed by atoms with Gasteiger partial charge >= 0.3 is 0 Å². The fourth-order valence-electron chi connectivity index (χ4n) is 4.55. The zero-order valence-corrected chi connectivity index (χ0v) is 18.3. The number of hydrogen-bond donors (Lipinski definition) is 1. The van der Waals surface area contributed by atoms with Gasteiger partial charge in [-0.1, -0.05) is 17.2 Å². The predicted octanol–water partition coefficient (Wildman–Crippen LogP) is -0.107. The highest BCUT2D eigenvalue weighted by atomic mass is 16.5. The van der Waals surface area contributed by atoms with Crippen LogP contribution in [0, 0.1) is 12.3 Å². The Bertz CT molecular complexity index is 1230. The summed E-state index contributed by atoms with van der Waals surface area (Å²) >= 11 is 0. The van der Waals surface area contributed by atoms with Gasteiger partial charge in [-0.15, -0.1) is 11.5 Å². The van der Waals surface area contributed by atoms with Crippen molar-refractivity contribution in [3.8, 4) is 18.0 Å². The molecule has 3 aliphatic heterocycles. The predicted molar refractivity (Wildman–Crippen MR) is 116 cm³/mol. The van der Waals surface area contributed by atoms with Gasteiger partial charge in [0.25, 0.3) is 11.8 Å². The summed E-state index contributed by atoms with van der Waals surface area (Å²) in [5.74, 6) is 1.12. The Morgan fingerprint density at radius 1 is 1.26 bits per heavy atom. The van der Waals surface area contributed by atoms with Crippen molar-refractivity contribution in [3.63, 3.8) is 0 Å². The van der Waals surface area contributed by atoms with Crippen molar-refractivity contribution in [1.82, 2.24) is 30.1 Å². The van der Waals surface area contributed by atoms with Gasteiger partial charge in [-0.2, -0.15) is 0 Å². The first-order chi connectivity index (χ1) is 16.4. The van der Waals surface area contributed by atoms with E-state index in [-0.39, 0.29) is 42.5 Å². The van der Waals surface area contributed by atoms with Crippen molar-refractivity contribution < 1.29 is 23.9 Å².